The van der Waals surface area contributed by atoms with Crippen molar-refractivity contribution in [2.45, 2.75) is 18.6 Å². The van der Waals surface area contributed by atoms with Crippen LogP contribution < -0.4 is 5.32 Å². The number of pyridine rings is 2. The van der Waals surface area contributed by atoms with Crippen LogP contribution in [0.4, 0.5) is 4.39 Å². The van der Waals surface area contributed by atoms with Gasteiger partial charge in [0.25, 0.3) is 0 Å². The van der Waals surface area contributed by atoms with Gasteiger partial charge >= 0.3 is 0 Å². The Balaban J connectivity index is 1.60. The van der Waals surface area contributed by atoms with Gasteiger partial charge in [0.2, 0.25) is 0 Å². The van der Waals surface area contributed by atoms with E-state index in [4.69, 9.17) is 12.2 Å². The van der Waals surface area contributed by atoms with Crippen LogP contribution in [0.2, 0.25) is 0 Å². The lowest BCUT2D eigenvalue weighted by Gasteiger charge is -2.28. The summed E-state index contributed by atoms with van der Waals surface area (Å²) in [4.78, 5) is 11.2. The number of benzene rings is 1. The van der Waals surface area contributed by atoms with Crippen molar-refractivity contribution < 1.29 is 4.39 Å². The average molecular weight is 430 g/mol. The SMILES string of the molecule is Fc1ccc(-n2cccc2[C@H]2[C@H](c3ccccn3)NC(=S)N2Cc2ccccn2)cc1. The van der Waals surface area contributed by atoms with Crippen LogP contribution in [0, 0.1) is 5.82 Å². The topological polar surface area (TPSA) is 46.0 Å². The minimum Gasteiger partial charge on any atom is -0.352 e. The molecule has 5 rings (SSSR count). The zero-order valence-electron chi connectivity index (χ0n) is 16.6. The monoisotopic (exact) mass is 429 g/mol. The van der Waals surface area contributed by atoms with Gasteiger partial charge in [-0.2, -0.15) is 0 Å². The first-order valence-corrected chi connectivity index (χ1v) is 10.4. The molecule has 154 valence electrons. The molecule has 4 heterocycles. The van der Waals surface area contributed by atoms with Gasteiger partial charge in [-0.1, -0.05) is 12.1 Å². The van der Waals surface area contributed by atoms with Crippen LogP contribution in [0.15, 0.2) is 91.4 Å². The Hall–Kier alpha value is -3.58. The molecule has 0 radical (unpaired) electrons. The lowest BCUT2D eigenvalue weighted by atomic mass is 10.0. The normalized spacial score (nSPS) is 18.2. The third-order valence-corrected chi connectivity index (χ3v) is 5.80. The van der Waals surface area contributed by atoms with Gasteiger partial charge in [-0.15, -0.1) is 0 Å². The van der Waals surface area contributed by atoms with Gasteiger partial charge in [0.15, 0.2) is 5.11 Å². The Bertz CT molecular complexity index is 1180. The van der Waals surface area contributed by atoms with Gasteiger partial charge in [-0.25, -0.2) is 4.39 Å². The molecule has 1 N–H and O–H groups in total. The molecule has 0 saturated carbocycles. The maximum Gasteiger partial charge on any atom is 0.170 e. The van der Waals surface area contributed by atoms with Gasteiger partial charge in [0, 0.05) is 30.0 Å². The molecule has 1 aromatic carbocycles. The number of halogens is 1. The number of hydrogen-bond donors (Lipinski definition) is 1. The minimum atomic E-state index is -0.260. The summed E-state index contributed by atoms with van der Waals surface area (Å²) in [7, 11) is 0. The van der Waals surface area contributed by atoms with Gasteiger partial charge < -0.3 is 14.8 Å². The van der Waals surface area contributed by atoms with Crippen molar-refractivity contribution in [2.24, 2.45) is 0 Å². The Morgan fingerprint density at radius 3 is 2.39 bits per heavy atom. The van der Waals surface area contributed by atoms with E-state index in [1.807, 2.05) is 48.7 Å². The third-order valence-electron chi connectivity index (χ3n) is 5.44. The van der Waals surface area contributed by atoms with Crippen molar-refractivity contribution in [3.05, 3.63) is 114 Å². The minimum absolute atomic E-state index is 0.121. The zero-order valence-corrected chi connectivity index (χ0v) is 17.4. The standard InChI is InChI=1S/C24H20FN5S/c25-17-9-11-19(12-10-17)29-15-5-8-21(29)23-22(20-7-2-4-14-27-20)28-24(31)30(23)16-18-6-1-3-13-26-18/h1-15,22-23H,16H2,(H,28,31)/t22-,23-/m0/s1. The van der Waals surface area contributed by atoms with Crippen LogP contribution in [-0.4, -0.2) is 24.5 Å². The predicted octanol–water partition coefficient (Wildman–Crippen LogP) is 4.58. The van der Waals surface area contributed by atoms with E-state index in [9.17, 15) is 4.39 Å². The van der Waals surface area contributed by atoms with Crippen LogP contribution >= 0.6 is 12.2 Å². The van der Waals surface area contributed by atoms with Crippen LogP contribution in [-0.2, 0) is 6.54 Å². The van der Waals surface area contributed by atoms with E-state index in [0.29, 0.717) is 11.7 Å². The molecule has 2 atom stereocenters. The highest BCUT2D eigenvalue weighted by Crippen LogP contribution is 2.40. The van der Waals surface area contributed by atoms with E-state index in [2.05, 4.69) is 30.8 Å². The molecule has 0 aliphatic carbocycles. The van der Waals surface area contributed by atoms with Crippen LogP contribution in [0.3, 0.4) is 0 Å². The molecule has 1 aliphatic heterocycles. The number of aromatic nitrogens is 3. The summed E-state index contributed by atoms with van der Waals surface area (Å²) in [6.07, 6.45) is 5.56. The number of rotatable bonds is 5. The van der Waals surface area contributed by atoms with Crippen molar-refractivity contribution in [1.82, 2.24) is 24.8 Å². The molecule has 0 unspecified atom stereocenters. The molecular weight excluding hydrogens is 409 g/mol. The molecule has 0 amide bonds. The molecule has 31 heavy (non-hydrogen) atoms. The summed E-state index contributed by atoms with van der Waals surface area (Å²) in [5.74, 6) is -0.260. The van der Waals surface area contributed by atoms with Crippen molar-refractivity contribution in [2.75, 3.05) is 0 Å². The van der Waals surface area contributed by atoms with Gasteiger partial charge in [0.05, 0.1) is 30.0 Å². The first kappa shape index (κ1) is 19.4. The van der Waals surface area contributed by atoms with Gasteiger partial charge in [-0.05, 0) is 72.9 Å². The summed E-state index contributed by atoms with van der Waals surface area (Å²) in [5.41, 5.74) is 3.76. The van der Waals surface area contributed by atoms with E-state index < -0.39 is 0 Å². The smallest absolute Gasteiger partial charge is 0.170 e. The largest absolute Gasteiger partial charge is 0.352 e. The van der Waals surface area contributed by atoms with Crippen molar-refractivity contribution in [1.29, 1.82) is 0 Å². The van der Waals surface area contributed by atoms with Gasteiger partial charge in [-0.3, -0.25) is 9.97 Å². The second-order valence-corrected chi connectivity index (χ2v) is 7.74. The second-order valence-electron chi connectivity index (χ2n) is 7.36. The first-order valence-electron chi connectivity index (χ1n) is 10.0. The zero-order chi connectivity index (χ0) is 21.2. The van der Waals surface area contributed by atoms with Crippen molar-refractivity contribution >= 4 is 17.3 Å². The molecule has 0 bridgehead atoms. The number of thiocarbonyl (C=S) groups is 1. The van der Waals surface area contributed by atoms with Crippen LogP contribution in [0.25, 0.3) is 5.69 Å². The van der Waals surface area contributed by atoms with E-state index in [1.165, 1.54) is 12.1 Å². The summed E-state index contributed by atoms with van der Waals surface area (Å²) in [6.45, 7) is 0.565. The fourth-order valence-corrected chi connectivity index (χ4v) is 4.34. The van der Waals surface area contributed by atoms with Crippen LogP contribution in [0.5, 0.6) is 0 Å². The molecule has 3 aromatic heterocycles. The molecular formula is C24H20FN5S. The second kappa shape index (κ2) is 8.28. The molecule has 4 aromatic rings. The van der Waals surface area contributed by atoms with Gasteiger partial charge in [0.1, 0.15) is 5.82 Å². The fourth-order valence-electron chi connectivity index (χ4n) is 4.04. The predicted molar refractivity (Wildman–Crippen MR) is 121 cm³/mol. The maximum atomic E-state index is 13.5. The average Bonchev–Trinajstić information content (AvgIpc) is 3.40. The summed E-state index contributed by atoms with van der Waals surface area (Å²) in [6, 6.07) is 22.1. The molecule has 1 fully saturated rings. The summed E-state index contributed by atoms with van der Waals surface area (Å²) in [5, 5.41) is 4.11. The summed E-state index contributed by atoms with van der Waals surface area (Å²) >= 11 is 5.75. The Morgan fingerprint density at radius 1 is 0.903 bits per heavy atom. The highest BCUT2D eigenvalue weighted by molar-refractivity contribution is 7.80. The van der Waals surface area contributed by atoms with E-state index >= 15 is 0 Å². The summed E-state index contributed by atoms with van der Waals surface area (Å²) < 4.78 is 15.6. The molecule has 5 nitrogen and oxygen atoms in total. The van der Waals surface area contributed by atoms with E-state index in [0.717, 1.165) is 22.8 Å². The quantitative estimate of drug-likeness (QED) is 0.471. The number of nitrogens with zero attached hydrogens (tertiary/aromatic N) is 4. The lowest BCUT2D eigenvalue weighted by molar-refractivity contribution is 0.299. The molecule has 7 heteroatoms. The Morgan fingerprint density at radius 2 is 1.68 bits per heavy atom. The lowest BCUT2D eigenvalue weighted by Crippen LogP contribution is -2.30. The fraction of sp³-hybridized carbons (Fsp3) is 0.125. The van der Waals surface area contributed by atoms with E-state index in [-0.39, 0.29) is 17.9 Å². The van der Waals surface area contributed by atoms with E-state index in [1.54, 1.807) is 24.5 Å². The first-order chi connectivity index (χ1) is 15.2. The van der Waals surface area contributed by atoms with Crippen molar-refractivity contribution in [3.8, 4) is 5.69 Å². The Kier molecular flexibility index (Phi) is 5.18. The maximum absolute atomic E-state index is 13.5. The molecule has 0 spiro atoms. The third kappa shape index (κ3) is 3.80. The number of nitrogens with one attached hydrogen (secondary N) is 1. The van der Waals surface area contributed by atoms with Crippen LogP contribution in [0.1, 0.15) is 29.2 Å². The highest BCUT2D eigenvalue weighted by atomic mass is 32.1. The molecule has 1 aliphatic rings. The van der Waals surface area contributed by atoms with Crippen molar-refractivity contribution in [3.63, 3.8) is 0 Å². The Labute approximate surface area is 185 Å². The number of hydrogen-bond acceptors (Lipinski definition) is 3. The highest BCUT2D eigenvalue weighted by Gasteiger charge is 2.41. The molecule has 1 saturated heterocycles.